The van der Waals surface area contributed by atoms with Crippen LogP contribution < -0.4 is 15.0 Å². The van der Waals surface area contributed by atoms with Gasteiger partial charge >= 0.3 is 16.3 Å². The maximum absolute atomic E-state index is 13.2. The lowest BCUT2D eigenvalue weighted by Crippen LogP contribution is -2.42. The molecule has 1 aromatic heterocycles. The quantitative estimate of drug-likeness (QED) is 0.381. The van der Waals surface area contributed by atoms with E-state index in [1.165, 1.54) is 4.68 Å². The van der Waals surface area contributed by atoms with Gasteiger partial charge in [-0.25, -0.2) is 14.2 Å². The van der Waals surface area contributed by atoms with Crippen LogP contribution in [0.25, 0.3) is 22.0 Å². The molecule has 1 amide bonds. The van der Waals surface area contributed by atoms with Gasteiger partial charge in [-0.1, -0.05) is 66.7 Å². The highest BCUT2D eigenvalue weighted by Crippen LogP contribution is 2.25. The molecule has 0 unspecified atom stereocenters. The lowest BCUT2D eigenvalue weighted by molar-refractivity contribution is 0.0569. The standard InChI is InChI=1S/C27H28N4O5S/c1-27(2,3)36-26(33)30-37(34,35)28-17-20-12-9-13-21(16-20)24-22-14-7-8-15-23(22)25(32)31(29-24)18-19-10-5-4-6-11-19/h4-16,28H,17-18H2,1-3H3,(H,30,33). The lowest BCUT2D eigenvalue weighted by atomic mass is 10.0. The van der Waals surface area contributed by atoms with Crippen molar-refractivity contribution >= 4 is 27.1 Å². The summed E-state index contributed by atoms with van der Waals surface area (Å²) in [6, 6.07) is 24.0. The summed E-state index contributed by atoms with van der Waals surface area (Å²) >= 11 is 0. The minimum atomic E-state index is -4.15. The molecule has 0 spiro atoms. The molecule has 3 aromatic carbocycles. The zero-order chi connectivity index (χ0) is 26.6. The van der Waals surface area contributed by atoms with E-state index in [1.54, 1.807) is 45.0 Å². The predicted octanol–water partition coefficient (Wildman–Crippen LogP) is 3.97. The van der Waals surface area contributed by atoms with E-state index in [9.17, 15) is 18.0 Å². The minimum absolute atomic E-state index is 0.0758. The number of carbonyl (C=O) groups excluding carboxylic acids is 1. The molecule has 4 rings (SSSR count). The van der Waals surface area contributed by atoms with E-state index in [1.807, 2.05) is 59.3 Å². The minimum Gasteiger partial charge on any atom is -0.443 e. The number of hydrogen-bond acceptors (Lipinski definition) is 6. The first kappa shape index (κ1) is 26.1. The number of ether oxygens (including phenoxy) is 1. The zero-order valence-corrected chi connectivity index (χ0v) is 21.6. The maximum atomic E-state index is 13.2. The van der Waals surface area contributed by atoms with Crippen LogP contribution in [0.3, 0.4) is 0 Å². The van der Waals surface area contributed by atoms with E-state index in [4.69, 9.17) is 4.74 Å². The molecular formula is C27H28N4O5S. The van der Waals surface area contributed by atoms with Gasteiger partial charge in [-0.05, 0) is 44.0 Å². The second-order valence-electron chi connectivity index (χ2n) is 9.47. The molecule has 2 N–H and O–H groups in total. The molecule has 0 aliphatic rings. The van der Waals surface area contributed by atoms with E-state index in [-0.39, 0.29) is 12.1 Å². The van der Waals surface area contributed by atoms with Crippen molar-refractivity contribution in [1.29, 1.82) is 0 Å². The molecule has 1 heterocycles. The largest absolute Gasteiger partial charge is 0.443 e. The smallest absolute Gasteiger partial charge is 0.422 e. The van der Waals surface area contributed by atoms with Crippen LogP contribution >= 0.6 is 0 Å². The van der Waals surface area contributed by atoms with Crippen molar-refractivity contribution < 1.29 is 17.9 Å². The normalized spacial score (nSPS) is 11.9. The SMILES string of the molecule is CC(C)(C)OC(=O)NS(=O)(=O)NCc1cccc(-c2nn(Cc3ccccc3)c(=O)c3ccccc23)c1. The summed E-state index contributed by atoms with van der Waals surface area (Å²) in [5.41, 5.74) is 1.87. The van der Waals surface area contributed by atoms with Gasteiger partial charge in [0.25, 0.3) is 5.56 Å². The maximum Gasteiger partial charge on any atom is 0.422 e. The molecule has 0 saturated heterocycles. The first-order valence-electron chi connectivity index (χ1n) is 11.6. The van der Waals surface area contributed by atoms with Crippen molar-refractivity contribution in [3.8, 4) is 11.3 Å². The van der Waals surface area contributed by atoms with Crippen LogP contribution in [0, 0.1) is 0 Å². The Balaban J connectivity index is 1.62. The number of hydrogen-bond donors (Lipinski definition) is 2. The third kappa shape index (κ3) is 6.81. The zero-order valence-electron chi connectivity index (χ0n) is 20.8. The van der Waals surface area contributed by atoms with Gasteiger partial charge in [0.05, 0.1) is 17.6 Å². The van der Waals surface area contributed by atoms with Crippen LogP contribution in [0.1, 0.15) is 31.9 Å². The third-order valence-electron chi connectivity index (χ3n) is 5.33. The molecule has 37 heavy (non-hydrogen) atoms. The van der Waals surface area contributed by atoms with Gasteiger partial charge in [0.15, 0.2) is 0 Å². The van der Waals surface area contributed by atoms with Crippen LogP contribution in [-0.2, 0) is 28.0 Å². The molecule has 0 bridgehead atoms. The molecule has 0 atom stereocenters. The van der Waals surface area contributed by atoms with Crippen molar-refractivity contribution in [2.75, 3.05) is 0 Å². The van der Waals surface area contributed by atoms with Gasteiger partial charge in [0.2, 0.25) is 0 Å². The number of nitrogens with one attached hydrogen (secondary N) is 2. The summed E-state index contributed by atoms with van der Waals surface area (Å²) in [6.07, 6.45) is -1.06. The molecule has 0 aliphatic heterocycles. The van der Waals surface area contributed by atoms with Crippen LogP contribution in [0.4, 0.5) is 4.79 Å². The number of benzene rings is 3. The average Bonchev–Trinajstić information content (AvgIpc) is 2.84. The number of nitrogens with zero attached hydrogens (tertiary/aromatic N) is 2. The predicted molar refractivity (Wildman–Crippen MR) is 142 cm³/mol. The molecule has 0 fully saturated rings. The van der Waals surface area contributed by atoms with Crippen molar-refractivity contribution in [1.82, 2.24) is 19.2 Å². The van der Waals surface area contributed by atoms with Gasteiger partial charge < -0.3 is 4.74 Å². The van der Waals surface area contributed by atoms with Gasteiger partial charge in [0, 0.05) is 17.5 Å². The summed E-state index contributed by atoms with van der Waals surface area (Å²) in [4.78, 5) is 25.0. The van der Waals surface area contributed by atoms with E-state index in [0.717, 1.165) is 11.1 Å². The van der Waals surface area contributed by atoms with Gasteiger partial charge in [0.1, 0.15) is 5.60 Å². The van der Waals surface area contributed by atoms with E-state index in [0.29, 0.717) is 28.6 Å². The van der Waals surface area contributed by atoms with E-state index >= 15 is 0 Å². The summed E-state index contributed by atoms with van der Waals surface area (Å²) in [6.45, 7) is 5.15. The first-order chi connectivity index (χ1) is 17.5. The molecule has 0 saturated carbocycles. The number of aromatic nitrogens is 2. The summed E-state index contributed by atoms with van der Waals surface area (Å²) in [5, 5.41) is 5.91. The Hall–Kier alpha value is -4.02. The van der Waals surface area contributed by atoms with Crippen molar-refractivity contribution in [2.45, 2.75) is 39.5 Å². The topological polar surface area (TPSA) is 119 Å². The van der Waals surface area contributed by atoms with Crippen LogP contribution in [-0.4, -0.2) is 29.9 Å². The average molecular weight is 521 g/mol. The highest BCUT2D eigenvalue weighted by Gasteiger charge is 2.21. The Bertz CT molecular complexity index is 1590. The molecular weight excluding hydrogens is 492 g/mol. The molecule has 0 radical (unpaired) electrons. The Labute approximate surface area is 215 Å². The molecule has 10 heteroatoms. The number of fused-ring (bicyclic) bond motifs is 1. The van der Waals surface area contributed by atoms with Crippen molar-refractivity contribution in [3.05, 3.63) is 100 Å². The molecule has 192 valence electrons. The second-order valence-corrected chi connectivity index (χ2v) is 11.0. The Morgan fingerprint density at radius 1 is 0.919 bits per heavy atom. The molecule has 0 aliphatic carbocycles. The molecule has 9 nitrogen and oxygen atoms in total. The van der Waals surface area contributed by atoms with Crippen LogP contribution in [0.15, 0.2) is 83.7 Å². The number of amides is 1. The lowest BCUT2D eigenvalue weighted by Gasteiger charge is -2.19. The van der Waals surface area contributed by atoms with E-state index < -0.39 is 21.9 Å². The fraction of sp³-hybridized carbons (Fsp3) is 0.222. The highest BCUT2D eigenvalue weighted by molar-refractivity contribution is 7.88. The van der Waals surface area contributed by atoms with Gasteiger partial charge in [-0.2, -0.15) is 18.2 Å². The van der Waals surface area contributed by atoms with Crippen molar-refractivity contribution in [2.24, 2.45) is 0 Å². The van der Waals surface area contributed by atoms with Crippen LogP contribution in [0.5, 0.6) is 0 Å². The Morgan fingerprint density at radius 2 is 1.57 bits per heavy atom. The number of carbonyl (C=O) groups is 1. The van der Waals surface area contributed by atoms with Gasteiger partial charge in [-0.15, -0.1) is 0 Å². The Morgan fingerprint density at radius 3 is 2.27 bits per heavy atom. The summed E-state index contributed by atoms with van der Waals surface area (Å²) in [5.74, 6) is 0. The highest BCUT2D eigenvalue weighted by atomic mass is 32.2. The third-order valence-corrected chi connectivity index (χ3v) is 6.29. The first-order valence-corrected chi connectivity index (χ1v) is 13.1. The van der Waals surface area contributed by atoms with Crippen LogP contribution in [0.2, 0.25) is 0 Å². The number of rotatable bonds is 7. The van der Waals surface area contributed by atoms with Crippen molar-refractivity contribution in [3.63, 3.8) is 0 Å². The van der Waals surface area contributed by atoms with E-state index in [2.05, 4.69) is 9.82 Å². The van der Waals surface area contributed by atoms with Gasteiger partial charge in [-0.3, -0.25) is 4.79 Å². The molecule has 4 aromatic rings. The fourth-order valence-electron chi connectivity index (χ4n) is 3.76. The fourth-order valence-corrected chi connectivity index (χ4v) is 4.45. The Kier molecular flexibility index (Phi) is 7.42. The summed E-state index contributed by atoms with van der Waals surface area (Å²) in [7, 11) is -4.15. The second kappa shape index (κ2) is 10.5. The monoisotopic (exact) mass is 520 g/mol. The summed E-state index contributed by atoms with van der Waals surface area (Å²) < 4.78 is 35.2.